The normalized spacial score (nSPS) is 19.0. The van der Waals surface area contributed by atoms with Crippen molar-refractivity contribution in [3.63, 3.8) is 0 Å². The average molecular weight is 360 g/mol. The van der Waals surface area contributed by atoms with Gasteiger partial charge >= 0.3 is 6.09 Å². The van der Waals surface area contributed by atoms with E-state index < -0.39 is 5.60 Å². The van der Waals surface area contributed by atoms with Crippen LogP contribution in [0.15, 0.2) is 18.3 Å². The van der Waals surface area contributed by atoms with Crippen molar-refractivity contribution in [2.24, 2.45) is 0 Å². The van der Waals surface area contributed by atoms with Crippen LogP contribution >= 0.6 is 0 Å². The molecule has 0 saturated carbocycles. The van der Waals surface area contributed by atoms with Crippen LogP contribution < -0.4 is 5.73 Å². The number of hydrogen-bond donors (Lipinski definition) is 1. The van der Waals surface area contributed by atoms with Crippen molar-refractivity contribution in [1.29, 1.82) is 0 Å². The van der Waals surface area contributed by atoms with Crippen molar-refractivity contribution in [1.82, 2.24) is 14.8 Å². The summed E-state index contributed by atoms with van der Waals surface area (Å²) in [6.07, 6.45) is 7.24. The number of ether oxygens (including phenoxy) is 1. The topological polar surface area (TPSA) is 88.8 Å². The number of carbonyl (C=O) groups is 2. The minimum Gasteiger partial charge on any atom is -0.441 e. The van der Waals surface area contributed by atoms with Crippen LogP contribution in [-0.4, -0.2) is 58.6 Å². The van der Waals surface area contributed by atoms with Crippen LogP contribution in [0.1, 0.15) is 55.8 Å². The van der Waals surface area contributed by atoms with Gasteiger partial charge in [-0.25, -0.2) is 9.78 Å². The van der Waals surface area contributed by atoms with Crippen molar-refractivity contribution in [3.8, 4) is 0 Å². The van der Waals surface area contributed by atoms with E-state index in [9.17, 15) is 9.59 Å². The highest BCUT2D eigenvalue weighted by Gasteiger charge is 2.47. The van der Waals surface area contributed by atoms with E-state index in [-0.39, 0.29) is 12.0 Å². The van der Waals surface area contributed by atoms with Gasteiger partial charge in [0, 0.05) is 44.2 Å². The van der Waals surface area contributed by atoms with Gasteiger partial charge in [0.15, 0.2) is 0 Å². The zero-order valence-electron chi connectivity index (χ0n) is 15.4. The molecular formula is C19H28N4O3. The maximum Gasteiger partial charge on any atom is 0.410 e. The summed E-state index contributed by atoms with van der Waals surface area (Å²) in [6.45, 7) is 4.74. The first-order valence-electron chi connectivity index (χ1n) is 9.52. The Morgan fingerprint density at radius 1 is 1.31 bits per heavy atom. The van der Waals surface area contributed by atoms with E-state index in [1.807, 2.05) is 4.90 Å². The molecule has 0 radical (unpaired) electrons. The first-order chi connectivity index (χ1) is 12.5. The van der Waals surface area contributed by atoms with Gasteiger partial charge in [0.25, 0.3) is 5.91 Å². The van der Waals surface area contributed by atoms with Crippen molar-refractivity contribution < 1.29 is 14.3 Å². The Morgan fingerprint density at radius 2 is 2.08 bits per heavy atom. The SMILES string of the molecule is CCCCCCN1CC2(CCN(C(=O)c3ccnc(N)c3)CC2)OC1=O. The highest BCUT2D eigenvalue weighted by molar-refractivity contribution is 5.94. The number of nitrogens with two attached hydrogens (primary N) is 1. The Kier molecular flexibility index (Phi) is 5.64. The summed E-state index contributed by atoms with van der Waals surface area (Å²) in [5.41, 5.74) is 5.78. The molecule has 0 unspecified atom stereocenters. The van der Waals surface area contributed by atoms with Crippen LogP contribution in [0.2, 0.25) is 0 Å². The molecule has 2 amide bonds. The summed E-state index contributed by atoms with van der Waals surface area (Å²) in [4.78, 5) is 32.4. The zero-order valence-corrected chi connectivity index (χ0v) is 15.4. The Morgan fingerprint density at radius 3 is 2.77 bits per heavy atom. The van der Waals surface area contributed by atoms with Crippen LogP contribution in [-0.2, 0) is 4.74 Å². The van der Waals surface area contributed by atoms with E-state index in [0.29, 0.717) is 43.9 Å². The monoisotopic (exact) mass is 360 g/mol. The molecule has 26 heavy (non-hydrogen) atoms. The summed E-state index contributed by atoms with van der Waals surface area (Å²) >= 11 is 0. The summed E-state index contributed by atoms with van der Waals surface area (Å²) < 4.78 is 5.73. The fraction of sp³-hybridized carbons (Fsp3) is 0.632. The highest BCUT2D eigenvalue weighted by atomic mass is 16.6. The summed E-state index contributed by atoms with van der Waals surface area (Å²) in [5, 5.41) is 0. The molecular weight excluding hydrogens is 332 g/mol. The molecule has 7 heteroatoms. The molecule has 2 fully saturated rings. The summed E-state index contributed by atoms with van der Waals surface area (Å²) in [6, 6.07) is 3.27. The second-order valence-electron chi connectivity index (χ2n) is 7.29. The van der Waals surface area contributed by atoms with Crippen molar-refractivity contribution in [2.45, 2.75) is 51.0 Å². The maximum atomic E-state index is 12.6. The third-order valence-corrected chi connectivity index (χ3v) is 5.31. The van der Waals surface area contributed by atoms with E-state index >= 15 is 0 Å². The lowest BCUT2D eigenvalue weighted by Crippen LogP contribution is -2.48. The molecule has 0 atom stereocenters. The van der Waals surface area contributed by atoms with Gasteiger partial charge in [-0.15, -0.1) is 0 Å². The molecule has 2 aliphatic heterocycles. The number of nitrogen functional groups attached to an aromatic ring is 1. The molecule has 142 valence electrons. The van der Waals surface area contributed by atoms with Crippen molar-refractivity contribution >= 4 is 17.8 Å². The van der Waals surface area contributed by atoms with Crippen molar-refractivity contribution in [3.05, 3.63) is 23.9 Å². The highest BCUT2D eigenvalue weighted by Crippen LogP contribution is 2.33. The van der Waals surface area contributed by atoms with Crippen LogP contribution in [0, 0.1) is 0 Å². The van der Waals surface area contributed by atoms with E-state index in [1.54, 1.807) is 23.2 Å². The minimum atomic E-state index is -0.435. The minimum absolute atomic E-state index is 0.0466. The molecule has 1 aromatic heterocycles. The number of pyridine rings is 1. The molecule has 1 spiro atoms. The lowest BCUT2D eigenvalue weighted by Gasteiger charge is -2.37. The third-order valence-electron chi connectivity index (χ3n) is 5.31. The van der Waals surface area contributed by atoms with Crippen molar-refractivity contribution in [2.75, 3.05) is 31.9 Å². The molecule has 2 saturated heterocycles. The number of amides is 2. The van der Waals surface area contributed by atoms with Gasteiger partial charge in [-0.1, -0.05) is 26.2 Å². The lowest BCUT2D eigenvalue weighted by molar-refractivity contribution is 0.00313. The number of unbranched alkanes of at least 4 members (excludes halogenated alkanes) is 3. The van der Waals surface area contributed by atoms with Gasteiger partial charge in [0.2, 0.25) is 0 Å². The predicted octanol–water partition coefficient (Wildman–Crippen LogP) is 2.67. The van der Waals surface area contributed by atoms with Gasteiger partial charge in [0.05, 0.1) is 6.54 Å². The largest absolute Gasteiger partial charge is 0.441 e. The van der Waals surface area contributed by atoms with Crippen LogP contribution in [0.4, 0.5) is 10.6 Å². The van der Waals surface area contributed by atoms with Gasteiger partial charge in [-0.3, -0.25) is 4.79 Å². The quantitative estimate of drug-likeness (QED) is 0.788. The van der Waals surface area contributed by atoms with Crippen LogP contribution in [0.25, 0.3) is 0 Å². The van der Waals surface area contributed by atoms with Gasteiger partial charge < -0.3 is 20.3 Å². The number of piperidine rings is 1. The molecule has 0 aliphatic carbocycles. The molecule has 0 bridgehead atoms. The van der Waals surface area contributed by atoms with Crippen LogP contribution in [0.3, 0.4) is 0 Å². The molecule has 3 rings (SSSR count). The predicted molar refractivity (Wildman–Crippen MR) is 98.7 cm³/mol. The van der Waals surface area contributed by atoms with E-state index in [2.05, 4.69) is 11.9 Å². The Bertz CT molecular complexity index is 656. The average Bonchev–Trinajstić information content (AvgIpc) is 2.94. The molecule has 2 aliphatic rings. The Balaban J connectivity index is 1.53. The summed E-state index contributed by atoms with van der Waals surface area (Å²) in [5.74, 6) is 0.294. The molecule has 2 N–H and O–H groups in total. The smallest absolute Gasteiger partial charge is 0.410 e. The third kappa shape index (κ3) is 4.08. The first-order valence-corrected chi connectivity index (χ1v) is 9.52. The number of carbonyl (C=O) groups excluding carboxylic acids is 2. The number of nitrogens with zero attached hydrogens (tertiary/aromatic N) is 3. The second-order valence-corrected chi connectivity index (χ2v) is 7.29. The Hall–Kier alpha value is -2.31. The second kappa shape index (κ2) is 7.93. The number of aromatic nitrogens is 1. The van der Waals surface area contributed by atoms with E-state index in [4.69, 9.17) is 10.5 Å². The van der Waals surface area contributed by atoms with E-state index in [1.165, 1.54) is 12.8 Å². The fourth-order valence-electron chi connectivity index (χ4n) is 3.74. The van der Waals surface area contributed by atoms with Crippen LogP contribution in [0.5, 0.6) is 0 Å². The maximum absolute atomic E-state index is 12.6. The molecule has 0 aromatic carbocycles. The zero-order chi connectivity index (χ0) is 18.6. The number of hydrogen-bond acceptors (Lipinski definition) is 5. The number of rotatable bonds is 6. The molecule has 3 heterocycles. The van der Waals surface area contributed by atoms with Gasteiger partial charge in [-0.05, 0) is 18.6 Å². The van der Waals surface area contributed by atoms with E-state index in [0.717, 1.165) is 19.4 Å². The lowest BCUT2D eigenvalue weighted by atomic mass is 9.91. The molecule has 7 nitrogen and oxygen atoms in total. The molecule has 1 aromatic rings. The number of anilines is 1. The summed E-state index contributed by atoms with van der Waals surface area (Å²) in [7, 11) is 0. The number of likely N-dealkylation sites (tertiary alicyclic amines) is 1. The first kappa shape index (κ1) is 18.5. The fourth-order valence-corrected chi connectivity index (χ4v) is 3.74. The van der Waals surface area contributed by atoms with Gasteiger partial charge in [-0.2, -0.15) is 0 Å². The van der Waals surface area contributed by atoms with Gasteiger partial charge in [0.1, 0.15) is 11.4 Å². The standard InChI is InChI=1S/C19H28N4O3/c1-2-3-4-5-10-23-14-19(26-18(23)25)7-11-22(12-8-19)17(24)15-6-9-21-16(20)13-15/h6,9,13H,2-5,7-8,10-12,14H2,1H3,(H2,20,21). The Labute approximate surface area is 154 Å².